The summed E-state index contributed by atoms with van der Waals surface area (Å²) < 4.78 is 83.6. The Balaban J connectivity index is 2.11. The third-order valence-electron chi connectivity index (χ3n) is 3.61. The Hall–Kier alpha value is -2.39. The maximum Gasteiger partial charge on any atom is 0.339 e. The highest BCUT2D eigenvalue weighted by Gasteiger charge is 2.29. The van der Waals surface area contributed by atoms with Crippen molar-refractivity contribution in [2.75, 3.05) is 0 Å². The molecule has 0 amide bonds. The van der Waals surface area contributed by atoms with Gasteiger partial charge in [-0.3, -0.25) is 0 Å². The predicted octanol–water partition coefficient (Wildman–Crippen LogP) is 4.52. The Morgan fingerprint density at radius 2 is 1.69 bits per heavy atom. The smallest absolute Gasteiger partial charge is 0.339 e. The van der Waals surface area contributed by atoms with Crippen LogP contribution in [0.1, 0.15) is 5.56 Å². The highest BCUT2D eigenvalue weighted by atomic mass is 35.5. The van der Waals surface area contributed by atoms with E-state index in [2.05, 4.69) is 9.17 Å². The van der Waals surface area contributed by atoms with E-state index in [0.29, 0.717) is 10.8 Å². The molecular weight excluding hydrogens is 398 g/mol. The fourth-order valence-corrected chi connectivity index (χ4v) is 3.43. The molecule has 1 heterocycles. The van der Waals surface area contributed by atoms with Crippen LogP contribution in [0, 0.1) is 30.2 Å². The summed E-state index contributed by atoms with van der Waals surface area (Å²) in [5.41, 5.74) is -0.912. The highest BCUT2D eigenvalue weighted by Crippen LogP contribution is 2.32. The maximum absolute atomic E-state index is 14.0. The van der Waals surface area contributed by atoms with Gasteiger partial charge in [-0.25, -0.2) is 18.2 Å². The fourth-order valence-electron chi connectivity index (χ4n) is 2.23. The number of hydrogen-bond donors (Lipinski definition) is 0. The number of halogens is 5. The molecule has 2 aromatic carbocycles. The lowest BCUT2D eigenvalue weighted by atomic mass is 10.2. The van der Waals surface area contributed by atoms with Crippen LogP contribution in [-0.2, 0) is 10.1 Å². The summed E-state index contributed by atoms with van der Waals surface area (Å²) in [4.78, 5) is 3.36. The SMILES string of the molecule is Cc1c(F)c(F)c(F)c(OS(=O)(=O)c2ccc3c(Cl)nccc3c2)c1F. The Morgan fingerprint density at radius 3 is 2.38 bits per heavy atom. The fraction of sp³-hybridized carbons (Fsp3) is 0.0625. The minimum absolute atomic E-state index is 0.126. The predicted molar refractivity (Wildman–Crippen MR) is 85.6 cm³/mol. The van der Waals surface area contributed by atoms with Gasteiger partial charge in [0, 0.05) is 17.1 Å². The van der Waals surface area contributed by atoms with Crippen LogP contribution >= 0.6 is 11.6 Å². The molecule has 136 valence electrons. The summed E-state index contributed by atoms with van der Waals surface area (Å²) >= 11 is 5.88. The van der Waals surface area contributed by atoms with Crippen molar-refractivity contribution in [3.63, 3.8) is 0 Å². The van der Waals surface area contributed by atoms with Crippen LogP contribution in [0.4, 0.5) is 17.6 Å². The molecule has 0 spiro atoms. The third-order valence-corrected chi connectivity index (χ3v) is 5.13. The maximum atomic E-state index is 14.0. The molecule has 0 aliphatic carbocycles. The first-order valence-corrected chi connectivity index (χ1v) is 8.73. The van der Waals surface area contributed by atoms with Gasteiger partial charge in [-0.2, -0.15) is 12.8 Å². The molecule has 0 aliphatic heterocycles. The van der Waals surface area contributed by atoms with Crippen molar-refractivity contribution in [2.24, 2.45) is 0 Å². The van der Waals surface area contributed by atoms with E-state index in [1.807, 2.05) is 0 Å². The van der Waals surface area contributed by atoms with Gasteiger partial charge in [0.05, 0.1) is 0 Å². The molecule has 0 radical (unpaired) electrons. The first-order valence-electron chi connectivity index (χ1n) is 6.95. The van der Waals surface area contributed by atoms with Crippen LogP contribution < -0.4 is 4.18 Å². The van der Waals surface area contributed by atoms with Crippen LogP contribution in [0.25, 0.3) is 10.8 Å². The van der Waals surface area contributed by atoms with Gasteiger partial charge in [-0.1, -0.05) is 11.6 Å². The zero-order valence-electron chi connectivity index (χ0n) is 12.9. The van der Waals surface area contributed by atoms with E-state index in [0.717, 1.165) is 19.1 Å². The van der Waals surface area contributed by atoms with E-state index in [1.165, 1.54) is 18.3 Å². The largest absolute Gasteiger partial charge is 0.372 e. The molecule has 0 bridgehead atoms. The zero-order valence-corrected chi connectivity index (χ0v) is 14.4. The second-order valence-corrected chi connectivity index (χ2v) is 7.14. The molecular formula is C16H8ClF4NO3S. The van der Waals surface area contributed by atoms with Gasteiger partial charge in [-0.15, -0.1) is 0 Å². The van der Waals surface area contributed by atoms with E-state index >= 15 is 0 Å². The minimum Gasteiger partial charge on any atom is -0.372 e. The molecule has 0 saturated carbocycles. The number of pyridine rings is 1. The van der Waals surface area contributed by atoms with Crippen LogP contribution in [0.3, 0.4) is 0 Å². The van der Waals surface area contributed by atoms with E-state index in [9.17, 15) is 26.0 Å². The van der Waals surface area contributed by atoms with Crippen molar-refractivity contribution in [1.29, 1.82) is 0 Å². The van der Waals surface area contributed by atoms with E-state index in [1.54, 1.807) is 0 Å². The molecule has 0 saturated heterocycles. The number of hydrogen-bond acceptors (Lipinski definition) is 4. The molecule has 0 aliphatic rings. The van der Waals surface area contributed by atoms with Gasteiger partial charge >= 0.3 is 10.1 Å². The lowest BCUT2D eigenvalue weighted by molar-refractivity contribution is 0.383. The summed E-state index contributed by atoms with van der Waals surface area (Å²) in [6.07, 6.45) is 1.33. The van der Waals surface area contributed by atoms with Gasteiger partial charge < -0.3 is 4.18 Å². The molecule has 0 atom stereocenters. The van der Waals surface area contributed by atoms with Crippen molar-refractivity contribution < 1.29 is 30.2 Å². The standard InChI is InChI=1S/C16H8ClF4NO3S/c1-7-11(18)13(20)14(21)15(12(7)19)25-26(23,24)9-2-3-10-8(6-9)4-5-22-16(10)17/h2-6H,1H3. The number of aromatic nitrogens is 1. The summed E-state index contributed by atoms with van der Waals surface area (Å²) in [6.45, 7) is 0.817. The highest BCUT2D eigenvalue weighted by molar-refractivity contribution is 7.87. The van der Waals surface area contributed by atoms with Gasteiger partial charge in [0.25, 0.3) is 0 Å². The summed E-state index contributed by atoms with van der Waals surface area (Å²) in [5, 5.41) is 0.937. The first kappa shape index (κ1) is 18.4. The molecule has 4 nitrogen and oxygen atoms in total. The third kappa shape index (κ3) is 2.97. The minimum atomic E-state index is -4.74. The van der Waals surface area contributed by atoms with E-state index in [-0.39, 0.29) is 5.15 Å². The van der Waals surface area contributed by atoms with Gasteiger partial charge in [-0.05, 0) is 36.6 Å². The zero-order chi connectivity index (χ0) is 19.2. The van der Waals surface area contributed by atoms with Crippen LogP contribution in [-0.4, -0.2) is 13.4 Å². The van der Waals surface area contributed by atoms with Crippen molar-refractivity contribution in [1.82, 2.24) is 4.98 Å². The number of benzene rings is 2. The van der Waals surface area contributed by atoms with Crippen LogP contribution in [0.5, 0.6) is 5.75 Å². The number of fused-ring (bicyclic) bond motifs is 1. The Morgan fingerprint density at radius 1 is 1.00 bits per heavy atom. The average Bonchev–Trinajstić information content (AvgIpc) is 2.62. The summed E-state index contributed by atoms with van der Waals surface area (Å²) in [7, 11) is -4.74. The molecule has 0 N–H and O–H groups in total. The van der Waals surface area contributed by atoms with Crippen molar-refractivity contribution in [3.8, 4) is 5.75 Å². The normalized spacial score (nSPS) is 11.8. The van der Waals surface area contributed by atoms with E-state index in [4.69, 9.17) is 11.6 Å². The molecule has 0 fully saturated rings. The van der Waals surface area contributed by atoms with Gasteiger partial charge in [0.15, 0.2) is 17.5 Å². The van der Waals surface area contributed by atoms with Crippen LogP contribution in [0.15, 0.2) is 35.4 Å². The Bertz CT molecular complexity index is 1120. The molecule has 10 heteroatoms. The molecule has 1 aromatic heterocycles. The summed E-state index contributed by atoms with van der Waals surface area (Å²) in [5.74, 6) is -9.09. The quantitative estimate of drug-likeness (QED) is 0.211. The first-order chi connectivity index (χ1) is 12.1. The van der Waals surface area contributed by atoms with Crippen LogP contribution in [0.2, 0.25) is 5.15 Å². The van der Waals surface area contributed by atoms with Crippen molar-refractivity contribution >= 4 is 32.5 Å². The second kappa shape index (κ2) is 6.40. The van der Waals surface area contributed by atoms with Crippen molar-refractivity contribution in [2.45, 2.75) is 11.8 Å². The monoisotopic (exact) mass is 405 g/mol. The number of rotatable bonds is 3. The Kier molecular flexibility index (Phi) is 4.53. The molecule has 0 unspecified atom stereocenters. The molecule has 26 heavy (non-hydrogen) atoms. The topological polar surface area (TPSA) is 56.3 Å². The summed E-state index contributed by atoms with van der Waals surface area (Å²) in [6, 6.07) is 5.00. The lowest BCUT2D eigenvalue weighted by Crippen LogP contribution is -2.14. The second-order valence-electron chi connectivity index (χ2n) is 5.23. The van der Waals surface area contributed by atoms with Gasteiger partial charge in [0.1, 0.15) is 10.0 Å². The van der Waals surface area contributed by atoms with E-state index < -0.39 is 49.6 Å². The molecule has 3 aromatic rings. The number of nitrogens with zero attached hydrogens (tertiary/aromatic N) is 1. The Labute approximate surface area is 150 Å². The van der Waals surface area contributed by atoms with Crippen molar-refractivity contribution in [3.05, 3.63) is 64.4 Å². The van der Waals surface area contributed by atoms with Gasteiger partial charge in [0.2, 0.25) is 11.6 Å². The average molecular weight is 406 g/mol. The lowest BCUT2D eigenvalue weighted by Gasteiger charge is -2.12. The molecule has 3 rings (SSSR count).